The second-order valence-electron chi connectivity index (χ2n) is 6.53. The quantitative estimate of drug-likeness (QED) is 0.668. The predicted molar refractivity (Wildman–Crippen MR) is 108 cm³/mol. The van der Waals surface area contributed by atoms with Gasteiger partial charge in [-0.25, -0.2) is 13.1 Å². The fourth-order valence-electron chi connectivity index (χ4n) is 2.60. The molecule has 0 aliphatic heterocycles. The average Bonchev–Trinajstić information content (AvgIpc) is 2.65. The molecule has 0 bridgehead atoms. The number of anilines is 1. The number of hydrogen-bond acceptors (Lipinski definition) is 5. The summed E-state index contributed by atoms with van der Waals surface area (Å²) >= 11 is 0. The summed E-state index contributed by atoms with van der Waals surface area (Å²) in [6, 6.07) is 11.5. The van der Waals surface area contributed by atoms with Crippen molar-refractivity contribution in [1.82, 2.24) is 4.72 Å². The zero-order valence-electron chi connectivity index (χ0n) is 16.5. The van der Waals surface area contributed by atoms with Gasteiger partial charge >= 0.3 is 0 Å². The molecule has 0 spiro atoms. The Labute approximate surface area is 166 Å². The molecule has 2 aromatic carbocycles. The van der Waals surface area contributed by atoms with Crippen molar-refractivity contribution in [3.63, 3.8) is 0 Å². The van der Waals surface area contributed by atoms with E-state index in [-0.39, 0.29) is 23.3 Å². The summed E-state index contributed by atoms with van der Waals surface area (Å²) in [7, 11) is -0.439. The topological polar surface area (TPSA) is 93.7 Å². The summed E-state index contributed by atoms with van der Waals surface area (Å²) in [6.07, 6.45) is 0.729. The first-order valence-corrected chi connectivity index (χ1v) is 10.4. The van der Waals surface area contributed by atoms with Gasteiger partial charge in [-0.3, -0.25) is 4.79 Å². The standard InChI is InChI=1S/C20H26N2O5S/c1-14(2)22-28(24,25)17-9-5-15(6-10-17)7-12-20(23)21-18-13-16(26-3)8-11-19(18)27-4/h5-6,8-11,13-14,22H,7,12H2,1-4H3,(H,21,23). The van der Waals surface area contributed by atoms with Crippen LogP contribution in [0.25, 0.3) is 0 Å². The Hall–Kier alpha value is -2.58. The van der Waals surface area contributed by atoms with Crippen LogP contribution < -0.4 is 19.5 Å². The number of benzene rings is 2. The van der Waals surface area contributed by atoms with E-state index >= 15 is 0 Å². The zero-order chi connectivity index (χ0) is 20.7. The minimum Gasteiger partial charge on any atom is -0.497 e. The van der Waals surface area contributed by atoms with Gasteiger partial charge in [-0.1, -0.05) is 12.1 Å². The van der Waals surface area contributed by atoms with E-state index < -0.39 is 10.0 Å². The third kappa shape index (κ3) is 5.97. The fraction of sp³-hybridized carbons (Fsp3) is 0.350. The molecule has 152 valence electrons. The number of rotatable bonds is 9. The summed E-state index contributed by atoms with van der Waals surface area (Å²) in [4.78, 5) is 12.5. The van der Waals surface area contributed by atoms with Gasteiger partial charge in [-0.2, -0.15) is 0 Å². The number of aryl methyl sites for hydroxylation is 1. The molecule has 1 amide bonds. The molecule has 0 saturated heterocycles. The van der Waals surface area contributed by atoms with E-state index in [4.69, 9.17) is 9.47 Å². The summed E-state index contributed by atoms with van der Waals surface area (Å²) in [6.45, 7) is 3.53. The number of carbonyl (C=O) groups excluding carboxylic acids is 1. The average molecular weight is 407 g/mol. The van der Waals surface area contributed by atoms with Crippen molar-refractivity contribution < 1.29 is 22.7 Å². The smallest absolute Gasteiger partial charge is 0.240 e. The molecule has 2 N–H and O–H groups in total. The maximum atomic E-state index is 12.3. The lowest BCUT2D eigenvalue weighted by Crippen LogP contribution is -2.30. The molecule has 2 rings (SSSR count). The van der Waals surface area contributed by atoms with Gasteiger partial charge in [0.25, 0.3) is 0 Å². The lowest BCUT2D eigenvalue weighted by molar-refractivity contribution is -0.116. The third-order valence-corrected chi connectivity index (χ3v) is 5.62. The summed E-state index contributed by atoms with van der Waals surface area (Å²) in [5.74, 6) is 0.981. The van der Waals surface area contributed by atoms with Gasteiger partial charge in [0.15, 0.2) is 0 Å². The van der Waals surface area contributed by atoms with Gasteiger partial charge in [0.1, 0.15) is 11.5 Å². The van der Waals surface area contributed by atoms with Crippen LogP contribution in [0.3, 0.4) is 0 Å². The third-order valence-electron chi connectivity index (χ3n) is 3.95. The van der Waals surface area contributed by atoms with Crippen LogP contribution in [0, 0.1) is 0 Å². The molecule has 0 aliphatic carbocycles. The van der Waals surface area contributed by atoms with Gasteiger partial charge in [0.05, 0.1) is 24.8 Å². The molecule has 0 heterocycles. The first-order chi connectivity index (χ1) is 13.2. The molecule has 0 saturated carbocycles. The van der Waals surface area contributed by atoms with Gasteiger partial charge in [0, 0.05) is 18.5 Å². The number of ether oxygens (including phenoxy) is 2. The number of nitrogens with one attached hydrogen (secondary N) is 2. The molecule has 8 heteroatoms. The van der Waals surface area contributed by atoms with Crippen molar-refractivity contribution in [2.45, 2.75) is 37.6 Å². The molecule has 2 aromatic rings. The van der Waals surface area contributed by atoms with Crippen LogP contribution in [0.2, 0.25) is 0 Å². The number of methoxy groups -OCH3 is 2. The number of hydrogen-bond donors (Lipinski definition) is 2. The van der Waals surface area contributed by atoms with Crippen LogP contribution in [0.4, 0.5) is 5.69 Å². The summed E-state index contributed by atoms with van der Waals surface area (Å²) < 4.78 is 37.2. The van der Waals surface area contributed by atoms with Crippen molar-refractivity contribution in [2.75, 3.05) is 19.5 Å². The molecule has 0 radical (unpaired) electrons. The Morgan fingerprint density at radius 1 is 1.04 bits per heavy atom. The Morgan fingerprint density at radius 3 is 2.29 bits per heavy atom. The molecule has 7 nitrogen and oxygen atoms in total. The largest absolute Gasteiger partial charge is 0.497 e. The van der Waals surface area contributed by atoms with Gasteiger partial charge in [-0.15, -0.1) is 0 Å². The van der Waals surface area contributed by atoms with Crippen LogP contribution in [-0.4, -0.2) is 34.6 Å². The monoisotopic (exact) mass is 406 g/mol. The van der Waals surface area contributed by atoms with Crippen LogP contribution in [0.1, 0.15) is 25.8 Å². The first-order valence-electron chi connectivity index (χ1n) is 8.88. The molecular weight excluding hydrogens is 380 g/mol. The van der Waals surface area contributed by atoms with Crippen molar-refractivity contribution >= 4 is 21.6 Å². The van der Waals surface area contributed by atoms with Gasteiger partial charge < -0.3 is 14.8 Å². The summed E-state index contributed by atoms with van der Waals surface area (Å²) in [5, 5.41) is 2.81. The fourth-order valence-corrected chi connectivity index (χ4v) is 3.85. The minimum absolute atomic E-state index is 0.176. The Balaban J connectivity index is 1.98. The summed E-state index contributed by atoms with van der Waals surface area (Å²) in [5.41, 5.74) is 1.41. The van der Waals surface area contributed by atoms with Gasteiger partial charge in [0.2, 0.25) is 15.9 Å². The number of sulfonamides is 1. The van der Waals surface area contributed by atoms with Crippen molar-refractivity contribution in [2.24, 2.45) is 0 Å². The highest BCUT2D eigenvalue weighted by Gasteiger charge is 2.15. The predicted octanol–water partition coefficient (Wildman–Crippen LogP) is 2.96. The molecule has 0 fully saturated rings. The second kappa shape index (κ2) is 9.57. The Bertz CT molecular complexity index is 909. The minimum atomic E-state index is -3.52. The Morgan fingerprint density at radius 2 is 1.71 bits per heavy atom. The van der Waals surface area contributed by atoms with Crippen LogP contribution >= 0.6 is 0 Å². The molecule has 0 aliphatic rings. The van der Waals surface area contributed by atoms with E-state index in [2.05, 4.69) is 10.0 Å². The highest BCUT2D eigenvalue weighted by Crippen LogP contribution is 2.29. The van der Waals surface area contributed by atoms with Crippen LogP contribution in [0.5, 0.6) is 11.5 Å². The van der Waals surface area contributed by atoms with Crippen molar-refractivity contribution in [1.29, 1.82) is 0 Å². The lowest BCUT2D eigenvalue weighted by atomic mass is 10.1. The van der Waals surface area contributed by atoms with E-state index in [0.29, 0.717) is 23.6 Å². The molecule has 28 heavy (non-hydrogen) atoms. The van der Waals surface area contributed by atoms with Crippen molar-refractivity contribution in [3.8, 4) is 11.5 Å². The normalized spacial score (nSPS) is 11.3. The van der Waals surface area contributed by atoms with Crippen LogP contribution in [-0.2, 0) is 21.2 Å². The van der Waals surface area contributed by atoms with E-state index in [0.717, 1.165) is 5.56 Å². The van der Waals surface area contributed by atoms with E-state index in [1.54, 1.807) is 63.4 Å². The maximum Gasteiger partial charge on any atom is 0.240 e. The van der Waals surface area contributed by atoms with Crippen LogP contribution in [0.15, 0.2) is 47.4 Å². The van der Waals surface area contributed by atoms with Gasteiger partial charge in [-0.05, 0) is 50.1 Å². The molecule has 0 aromatic heterocycles. The van der Waals surface area contributed by atoms with Crippen molar-refractivity contribution in [3.05, 3.63) is 48.0 Å². The number of carbonyl (C=O) groups is 1. The highest BCUT2D eigenvalue weighted by molar-refractivity contribution is 7.89. The first kappa shape index (κ1) is 21.7. The van der Waals surface area contributed by atoms with E-state index in [1.807, 2.05) is 0 Å². The highest BCUT2D eigenvalue weighted by atomic mass is 32.2. The Kier molecular flexibility index (Phi) is 7.42. The second-order valence-corrected chi connectivity index (χ2v) is 8.25. The maximum absolute atomic E-state index is 12.3. The zero-order valence-corrected chi connectivity index (χ0v) is 17.3. The molecule has 0 unspecified atom stereocenters. The van der Waals surface area contributed by atoms with E-state index in [1.165, 1.54) is 7.11 Å². The lowest BCUT2D eigenvalue weighted by Gasteiger charge is -2.12. The number of amides is 1. The van der Waals surface area contributed by atoms with E-state index in [9.17, 15) is 13.2 Å². The SMILES string of the molecule is COc1ccc(OC)c(NC(=O)CCc2ccc(S(=O)(=O)NC(C)C)cc2)c1. The molecular formula is C20H26N2O5S. The molecule has 0 atom stereocenters.